The molecule has 0 bridgehead atoms. The maximum atomic E-state index is 13.4. The Morgan fingerprint density at radius 1 is 0.950 bits per heavy atom. The van der Waals surface area contributed by atoms with Gasteiger partial charge in [-0.1, -0.05) is 60.5 Å². The Morgan fingerprint density at radius 2 is 1.57 bits per heavy atom. The number of benzene rings is 3. The van der Waals surface area contributed by atoms with E-state index in [1.807, 2.05) is 24.3 Å². The third-order valence-electron chi connectivity index (χ3n) is 7.52. The molecule has 8 heteroatoms. The van der Waals surface area contributed by atoms with Gasteiger partial charge < -0.3 is 14.7 Å². The lowest BCUT2D eigenvalue weighted by atomic mass is 9.73. The minimum Gasteiger partial charge on any atom is -0.478 e. The molecule has 40 heavy (non-hydrogen) atoms. The largest absolute Gasteiger partial charge is 0.478 e. The van der Waals surface area contributed by atoms with Crippen LogP contribution in [-0.4, -0.2) is 37.4 Å². The van der Waals surface area contributed by atoms with Gasteiger partial charge >= 0.3 is 12.1 Å². The molecule has 5 rings (SSSR count). The van der Waals surface area contributed by atoms with Crippen molar-refractivity contribution >= 4 is 40.5 Å². The van der Waals surface area contributed by atoms with Crippen molar-refractivity contribution in [3.63, 3.8) is 0 Å². The van der Waals surface area contributed by atoms with Gasteiger partial charge in [-0.15, -0.1) is 0 Å². The predicted octanol–water partition coefficient (Wildman–Crippen LogP) is 8.05. The van der Waals surface area contributed by atoms with Gasteiger partial charge in [0.2, 0.25) is 0 Å². The van der Waals surface area contributed by atoms with Crippen LogP contribution in [0.15, 0.2) is 72.8 Å². The molecular weight excluding hydrogens is 539 g/mol. The summed E-state index contributed by atoms with van der Waals surface area (Å²) < 4.78 is 45.8. The number of aliphatic carboxylic acids is 1. The number of hydrogen-bond acceptors (Lipinski definition) is 3. The Morgan fingerprint density at radius 3 is 2.10 bits per heavy atom. The SMILES string of the molecule is O=C(O)C=Cc1ccc(C(=C(c2ccc(C(F)(F)F)cc2Cl)C2CCC2)c2ccc(N3CCOCC3)cc2)cc1. The van der Waals surface area contributed by atoms with Gasteiger partial charge in [0.15, 0.2) is 0 Å². The van der Waals surface area contributed by atoms with Gasteiger partial charge in [0.05, 0.1) is 18.8 Å². The van der Waals surface area contributed by atoms with E-state index in [0.29, 0.717) is 18.8 Å². The number of morpholine rings is 1. The van der Waals surface area contributed by atoms with E-state index in [2.05, 4.69) is 29.2 Å². The summed E-state index contributed by atoms with van der Waals surface area (Å²) in [5.74, 6) is -0.885. The normalized spacial score (nSPS) is 17.1. The van der Waals surface area contributed by atoms with Crippen molar-refractivity contribution in [2.45, 2.75) is 25.4 Å². The fraction of sp³-hybridized carbons (Fsp3) is 0.281. The van der Waals surface area contributed by atoms with Crippen LogP contribution in [0.2, 0.25) is 5.02 Å². The molecule has 0 unspecified atom stereocenters. The number of carboxylic acids is 1. The zero-order valence-corrected chi connectivity index (χ0v) is 22.5. The highest BCUT2D eigenvalue weighted by Crippen LogP contribution is 2.47. The van der Waals surface area contributed by atoms with Crippen LogP contribution in [0.5, 0.6) is 0 Å². The van der Waals surface area contributed by atoms with Gasteiger partial charge in [0.25, 0.3) is 0 Å². The van der Waals surface area contributed by atoms with E-state index in [1.165, 1.54) is 12.1 Å². The van der Waals surface area contributed by atoms with Crippen molar-refractivity contribution in [3.8, 4) is 0 Å². The molecule has 1 aliphatic heterocycles. The van der Waals surface area contributed by atoms with Crippen molar-refractivity contribution < 1.29 is 27.8 Å². The molecule has 4 nitrogen and oxygen atoms in total. The molecule has 3 aromatic carbocycles. The van der Waals surface area contributed by atoms with Gasteiger partial charge in [0, 0.05) is 29.9 Å². The molecule has 2 fully saturated rings. The summed E-state index contributed by atoms with van der Waals surface area (Å²) in [4.78, 5) is 13.2. The summed E-state index contributed by atoms with van der Waals surface area (Å²) in [5, 5.41) is 9.05. The second kappa shape index (κ2) is 11.9. The molecule has 1 saturated carbocycles. The molecule has 0 radical (unpaired) electrons. The highest BCUT2D eigenvalue weighted by Gasteiger charge is 2.33. The van der Waals surface area contributed by atoms with E-state index in [4.69, 9.17) is 21.4 Å². The molecule has 1 saturated heterocycles. The Balaban J connectivity index is 1.66. The molecule has 0 aromatic heterocycles. The third-order valence-corrected chi connectivity index (χ3v) is 7.83. The van der Waals surface area contributed by atoms with Crippen molar-refractivity contribution in [1.82, 2.24) is 0 Å². The molecular formula is C32H29ClF3NO3. The molecule has 0 atom stereocenters. The Bertz CT molecular complexity index is 1420. The summed E-state index contributed by atoms with van der Waals surface area (Å²) in [7, 11) is 0. The van der Waals surface area contributed by atoms with Crippen LogP contribution < -0.4 is 4.90 Å². The van der Waals surface area contributed by atoms with Crippen LogP contribution in [-0.2, 0) is 15.7 Å². The minimum atomic E-state index is -4.49. The number of ether oxygens (including phenoxy) is 1. The predicted molar refractivity (Wildman–Crippen MR) is 152 cm³/mol. The molecule has 1 heterocycles. The van der Waals surface area contributed by atoms with E-state index in [0.717, 1.165) is 84.1 Å². The lowest BCUT2D eigenvalue weighted by Gasteiger charge is -2.32. The van der Waals surface area contributed by atoms with E-state index in [1.54, 1.807) is 0 Å². The van der Waals surface area contributed by atoms with Gasteiger partial charge in [-0.2, -0.15) is 13.2 Å². The maximum absolute atomic E-state index is 13.4. The van der Waals surface area contributed by atoms with E-state index < -0.39 is 17.7 Å². The zero-order chi connectivity index (χ0) is 28.3. The fourth-order valence-corrected chi connectivity index (χ4v) is 5.51. The first-order chi connectivity index (χ1) is 19.2. The average molecular weight is 568 g/mol. The summed E-state index contributed by atoms with van der Waals surface area (Å²) in [6.07, 6.45) is 0.988. The summed E-state index contributed by atoms with van der Waals surface area (Å²) in [6.45, 7) is 2.96. The highest BCUT2D eigenvalue weighted by atomic mass is 35.5. The number of allylic oxidation sites excluding steroid dienone is 1. The summed E-state index contributed by atoms with van der Waals surface area (Å²) in [6, 6.07) is 19.3. The third kappa shape index (κ3) is 6.26. The molecule has 0 spiro atoms. The summed E-state index contributed by atoms with van der Waals surface area (Å²) in [5.41, 5.74) is 5.28. The highest BCUT2D eigenvalue weighted by molar-refractivity contribution is 6.33. The fourth-order valence-electron chi connectivity index (χ4n) is 5.23. The van der Waals surface area contributed by atoms with Crippen LogP contribution >= 0.6 is 11.6 Å². The number of alkyl halides is 3. The molecule has 0 amide bonds. The molecule has 3 aromatic rings. The maximum Gasteiger partial charge on any atom is 0.416 e. The van der Waals surface area contributed by atoms with Crippen molar-refractivity contribution in [1.29, 1.82) is 0 Å². The van der Waals surface area contributed by atoms with Gasteiger partial charge in [-0.05, 0) is 82.5 Å². The number of nitrogens with zero attached hydrogens (tertiary/aromatic N) is 1. The van der Waals surface area contributed by atoms with E-state index in [9.17, 15) is 18.0 Å². The van der Waals surface area contributed by atoms with Crippen LogP contribution in [0.25, 0.3) is 17.2 Å². The Hall–Kier alpha value is -3.55. The standard InChI is InChI=1S/C32H29ClF3NO3/c33-28-20-25(32(34,35)36)11-14-27(28)31(22-2-1-3-22)30(23-7-4-21(5-8-23)6-15-29(38)39)24-9-12-26(13-10-24)37-16-18-40-19-17-37/h4-15,20,22H,1-3,16-19H2,(H,38,39). The Labute approximate surface area is 236 Å². The molecule has 2 aliphatic rings. The summed E-state index contributed by atoms with van der Waals surface area (Å²) >= 11 is 6.58. The number of halogens is 4. The van der Waals surface area contributed by atoms with Gasteiger partial charge in [0.1, 0.15) is 0 Å². The number of anilines is 1. The first-order valence-electron chi connectivity index (χ1n) is 13.3. The van der Waals surface area contributed by atoms with E-state index in [-0.39, 0.29) is 10.9 Å². The second-order valence-electron chi connectivity index (χ2n) is 10.0. The first-order valence-corrected chi connectivity index (χ1v) is 13.6. The molecule has 1 N–H and O–H groups in total. The topological polar surface area (TPSA) is 49.8 Å². The van der Waals surface area contributed by atoms with Crippen LogP contribution in [0.1, 0.15) is 47.1 Å². The molecule has 208 valence electrons. The van der Waals surface area contributed by atoms with Gasteiger partial charge in [-0.3, -0.25) is 0 Å². The monoisotopic (exact) mass is 567 g/mol. The van der Waals surface area contributed by atoms with Crippen LogP contribution in [0, 0.1) is 5.92 Å². The quantitative estimate of drug-likeness (QED) is 0.232. The van der Waals surface area contributed by atoms with Crippen molar-refractivity contribution in [3.05, 3.63) is 106 Å². The zero-order valence-electron chi connectivity index (χ0n) is 21.8. The Kier molecular flexibility index (Phi) is 8.33. The van der Waals surface area contributed by atoms with Crippen molar-refractivity contribution in [2.75, 3.05) is 31.2 Å². The smallest absolute Gasteiger partial charge is 0.416 e. The molecule has 1 aliphatic carbocycles. The second-order valence-corrected chi connectivity index (χ2v) is 10.5. The van der Waals surface area contributed by atoms with E-state index >= 15 is 0 Å². The van der Waals surface area contributed by atoms with Crippen molar-refractivity contribution in [2.24, 2.45) is 5.92 Å². The number of carbonyl (C=O) groups is 1. The lowest BCUT2D eigenvalue weighted by Crippen LogP contribution is -2.36. The number of rotatable bonds is 7. The number of carboxylic acid groups (broad SMARTS) is 1. The van der Waals surface area contributed by atoms with Crippen LogP contribution in [0.4, 0.5) is 18.9 Å². The van der Waals surface area contributed by atoms with Crippen LogP contribution in [0.3, 0.4) is 0 Å². The number of hydrogen-bond donors (Lipinski definition) is 1. The average Bonchev–Trinajstić information content (AvgIpc) is 2.91. The van der Waals surface area contributed by atoms with Gasteiger partial charge in [-0.25, -0.2) is 4.79 Å². The lowest BCUT2D eigenvalue weighted by molar-refractivity contribution is -0.137. The minimum absolute atomic E-state index is 0.0696. The first kappa shape index (κ1) is 28.0.